The van der Waals surface area contributed by atoms with E-state index in [-0.39, 0.29) is 6.10 Å². The molecule has 0 amide bonds. The normalized spacial score (nSPS) is 27.6. The Morgan fingerprint density at radius 1 is 1.75 bits per heavy atom. The fourth-order valence-corrected chi connectivity index (χ4v) is 0.890. The second-order valence-electron chi connectivity index (χ2n) is 1.98. The van der Waals surface area contributed by atoms with E-state index in [9.17, 15) is 0 Å². The van der Waals surface area contributed by atoms with E-state index in [0.717, 1.165) is 19.4 Å². The molecule has 0 aromatic rings. The van der Waals surface area contributed by atoms with E-state index in [1.165, 1.54) is 0 Å². The summed E-state index contributed by atoms with van der Waals surface area (Å²) in [6, 6.07) is 0. The SMILES string of the molecule is [C-]#[N+]CC1CCCO1. The molecule has 0 spiro atoms. The molecule has 1 aliphatic heterocycles. The zero-order chi connectivity index (χ0) is 5.82. The molecule has 1 aliphatic rings. The van der Waals surface area contributed by atoms with Gasteiger partial charge in [0.1, 0.15) is 6.10 Å². The van der Waals surface area contributed by atoms with Gasteiger partial charge in [0, 0.05) is 6.61 Å². The zero-order valence-electron chi connectivity index (χ0n) is 4.76. The zero-order valence-corrected chi connectivity index (χ0v) is 4.76. The van der Waals surface area contributed by atoms with Crippen molar-refractivity contribution in [2.75, 3.05) is 13.2 Å². The summed E-state index contributed by atoms with van der Waals surface area (Å²) in [4.78, 5) is 3.24. The lowest BCUT2D eigenvalue weighted by atomic mass is 10.2. The Bertz CT molecular complexity index is 99.6. The van der Waals surface area contributed by atoms with Gasteiger partial charge in [0.05, 0.1) is 0 Å². The molecule has 1 heterocycles. The summed E-state index contributed by atoms with van der Waals surface area (Å²) in [7, 11) is 0. The molecular weight excluding hydrogens is 102 g/mol. The summed E-state index contributed by atoms with van der Waals surface area (Å²) in [6.07, 6.45) is 2.48. The van der Waals surface area contributed by atoms with E-state index in [4.69, 9.17) is 11.3 Å². The lowest BCUT2D eigenvalue weighted by molar-refractivity contribution is 0.123. The minimum Gasteiger partial charge on any atom is -0.370 e. The van der Waals surface area contributed by atoms with Gasteiger partial charge in [0.2, 0.25) is 6.54 Å². The van der Waals surface area contributed by atoms with Crippen molar-refractivity contribution in [3.8, 4) is 0 Å². The maximum absolute atomic E-state index is 6.51. The number of hydrogen-bond acceptors (Lipinski definition) is 1. The number of ether oxygens (including phenoxy) is 1. The van der Waals surface area contributed by atoms with Crippen molar-refractivity contribution in [3.05, 3.63) is 11.4 Å². The van der Waals surface area contributed by atoms with Gasteiger partial charge in [-0.3, -0.25) is 0 Å². The maximum Gasteiger partial charge on any atom is 0.240 e. The summed E-state index contributed by atoms with van der Waals surface area (Å²) in [5.74, 6) is 0. The molecule has 0 aromatic heterocycles. The van der Waals surface area contributed by atoms with Crippen molar-refractivity contribution in [1.29, 1.82) is 0 Å². The quantitative estimate of drug-likeness (QED) is 0.462. The lowest BCUT2D eigenvalue weighted by Crippen LogP contribution is -2.06. The van der Waals surface area contributed by atoms with Gasteiger partial charge in [-0.2, -0.15) is 0 Å². The Balaban J connectivity index is 2.17. The summed E-state index contributed by atoms with van der Waals surface area (Å²) < 4.78 is 5.18. The van der Waals surface area contributed by atoms with E-state index in [1.807, 2.05) is 0 Å². The van der Waals surface area contributed by atoms with E-state index in [2.05, 4.69) is 4.85 Å². The first kappa shape index (κ1) is 5.58. The molecule has 1 atom stereocenters. The highest BCUT2D eigenvalue weighted by molar-refractivity contribution is 4.73. The van der Waals surface area contributed by atoms with Crippen molar-refractivity contribution in [1.82, 2.24) is 0 Å². The van der Waals surface area contributed by atoms with Gasteiger partial charge in [-0.15, -0.1) is 0 Å². The summed E-state index contributed by atoms with van der Waals surface area (Å²) >= 11 is 0. The van der Waals surface area contributed by atoms with Crippen LogP contribution in [0.2, 0.25) is 0 Å². The number of hydrogen-bond donors (Lipinski definition) is 0. The predicted molar refractivity (Wildman–Crippen MR) is 30.4 cm³/mol. The van der Waals surface area contributed by atoms with Crippen LogP contribution in [0.1, 0.15) is 12.8 Å². The summed E-state index contributed by atoms with van der Waals surface area (Å²) in [5, 5.41) is 0. The standard InChI is InChI=1S/C6H9NO/c1-7-5-6-3-2-4-8-6/h6H,2-5H2. The average Bonchev–Trinajstić information content (AvgIpc) is 2.19. The van der Waals surface area contributed by atoms with Gasteiger partial charge in [0.15, 0.2) is 0 Å². The molecule has 44 valence electrons. The van der Waals surface area contributed by atoms with E-state index < -0.39 is 0 Å². The Morgan fingerprint density at radius 3 is 3.12 bits per heavy atom. The van der Waals surface area contributed by atoms with Gasteiger partial charge in [-0.25, -0.2) is 6.57 Å². The van der Waals surface area contributed by atoms with E-state index in [1.54, 1.807) is 0 Å². The highest BCUT2D eigenvalue weighted by Gasteiger charge is 2.16. The molecule has 0 aromatic carbocycles. The van der Waals surface area contributed by atoms with Crippen LogP contribution in [0.5, 0.6) is 0 Å². The number of rotatable bonds is 1. The highest BCUT2D eigenvalue weighted by Crippen LogP contribution is 2.11. The fourth-order valence-electron chi connectivity index (χ4n) is 0.890. The summed E-state index contributed by atoms with van der Waals surface area (Å²) in [5.41, 5.74) is 0. The first-order valence-electron chi connectivity index (χ1n) is 2.88. The average molecular weight is 111 g/mol. The molecular formula is C6H9NO. The first-order valence-corrected chi connectivity index (χ1v) is 2.88. The fraction of sp³-hybridized carbons (Fsp3) is 0.833. The minimum absolute atomic E-state index is 0.257. The van der Waals surface area contributed by atoms with Crippen molar-refractivity contribution in [3.63, 3.8) is 0 Å². The topological polar surface area (TPSA) is 13.6 Å². The molecule has 1 unspecified atom stereocenters. The number of nitrogens with zero attached hydrogens (tertiary/aromatic N) is 1. The van der Waals surface area contributed by atoms with Crippen LogP contribution in [0, 0.1) is 6.57 Å². The molecule has 0 radical (unpaired) electrons. The van der Waals surface area contributed by atoms with Crippen LogP contribution < -0.4 is 0 Å². The van der Waals surface area contributed by atoms with Crippen LogP contribution in [0.25, 0.3) is 4.85 Å². The van der Waals surface area contributed by atoms with Gasteiger partial charge < -0.3 is 9.58 Å². The van der Waals surface area contributed by atoms with E-state index in [0.29, 0.717) is 6.54 Å². The molecule has 2 nitrogen and oxygen atoms in total. The molecule has 1 saturated heterocycles. The Morgan fingerprint density at radius 2 is 2.62 bits per heavy atom. The Labute approximate surface area is 49.3 Å². The lowest BCUT2D eigenvalue weighted by Gasteiger charge is -1.96. The third kappa shape index (κ3) is 1.21. The predicted octanol–water partition coefficient (Wildman–Crippen LogP) is 1.08. The maximum atomic E-state index is 6.51. The smallest absolute Gasteiger partial charge is 0.240 e. The largest absolute Gasteiger partial charge is 0.370 e. The Kier molecular flexibility index (Phi) is 1.87. The minimum atomic E-state index is 0.257. The van der Waals surface area contributed by atoms with Crippen LogP contribution in [-0.2, 0) is 4.74 Å². The second kappa shape index (κ2) is 2.68. The van der Waals surface area contributed by atoms with Crippen molar-refractivity contribution in [2.45, 2.75) is 18.9 Å². The van der Waals surface area contributed by atoms with Crippen molar-refractivity contribution < 1.29 is 4.74 Å². The molecule has 0 N–H and O–H groups in total. The second-order valence-corrected chi connectivity index (χ2v) is 1.98. The van der Waals surface area contributed by atoms with Crippen LogP contribution in [0.4, 0.5) is 0 Å². The first-order chi connectivity index (χ1) is 3.93. The van der Waals surface area contributed by atoms with Crippen LogP contribution in [0.3, 0.4) is 0 Å². The van der Waals surface area contributed by atoms with Crippen LogP contribution >= 0.6 is 0 Å². The Hall–Kier alpha value is -0.550. The third-order valence-corrected chi connectivity index (χ3v) is 1.32. The molecule has 2 heteroatoms. The van der Waals surface area contributed by atoms with E-state index >= 15 is 0 Å². The molecule has 0 bridgehead atoms. The highest BCUT2D eigenvalue weighted by atomic mass is 16.5. The summed E-state index contributed by atoms with van der Waals surface area (Å²) in [6.45, 7) is 7.93. The molecule has 1 fully saturated rings. The van der Waals surface area contributed by atoms with Gasteiger partial charge in [-0.05, 0) is 12.8 Å². The van der Waals surface area contributed by atoms with Gasteiger partial charge >= 0.3 is 0 Å². The third-order valence-electron chi connectivity index (χ3n) is 1.32. The van der Waals surface area contributed by atoms with Crippen molar-refractivity contribution in [2.24, 2.45) is 0 Å². The van der Waals surface area contributed by atoms with Gasteiger partial charge in [0.25, 0.3) is 0 Å². The van der Waals surface area contributed by atoms with Crippen LogP contribution in [-0.4, -0.2) is 19.3 Å². The van der Waals surface area contributed by atoms with Gasteiger partial charge in [-0.1, -0.05) is 0 Å². The molecule has 1 rings (SSSR count). The van der Waals surface area contributed by atoms with Crippen molar-refractivity contribution >= 4 is 0 Å². The monoisotopic (exact) mass is 111 g/mol. The molecule has 8 heavy (non-hydrogen) atoms. The molecule has 0 saturated carbocycles. The van der Waals surface area contributed by atoms with Crippen LogP contribution in [0.15, 0.2) is 0 Å². The molecule has 0 aliphatic carbocycles.